The molecule has 0 saturated heterocycles. The number of nitrogens with one attached hydrogen (secondary N) is 1. The second-order valence-electron chi connectivity index (χ2n) is 7.00. The van der Waals surface area contributed by atoms with Crippen LogP contribution in [0.2, 0.25) is 0 Å². The summed E-state index contributed by atoms with van der Waals surface area (Å²) in [5, 5.41) is 13.8. The number of methoxy groups -OCH3 is 1. The molecule has 1 heterocycles. The van der Waals surface area contributed by atoms with Crippen LogP contribution >= 0.6 is 0 Å². The maximum atomic E-state index is 13.9. The van der Waals surface area contributed by atoms with E-state index in [1.165, 1.54) is 31.4 Å². The second kappa shape index (κ2) is 8.58. The minimum Gasteiger partial charge on any atom is -0.496 e. The highest BCUT2D eigenvalue weighted by Gasteiger charge is 2.32. The first-order chi connectivity index (χ1) is 15.7. The molecule has 2 N–H and O–H groups in total. The fourth-order valence-corrected chi connectivity index (χ4v) is 3.41. The van der Waals surface area contributed by atoms with Gasteiger partial charge in [0, 0.05) is 11.3 Å². The predicted octanol–water partition coefficient (Wildman–Crippen LogP) is 4.93. The van der Waals surface area contributed by atoms with Gasteiger partial charge in [0.05, 0.1) is 12.7 Å². The van der Waals surface area contributed by atoms with Crippen molar-refractivity contribution in [1.82, 2.24) is 5.06 Å². The Balaban J connectivity index is 1.66. The fraction of sp³-hybridized carbons (Fsp3) is 0.136. The largest absolute Gasteiger partial charge is 0.496 e. The Kier molecular flexibility index (Phi) is 5.81. The molecule has 6 nitrogen and oxygen atoms in total. The van der Waals surface area contributed by atoms with Gasteiger partial charge in [0.25, 0.3) is 5.91 Å². The van der Waals surface area contributed by atoms with Gasteiger partial charge in [0.15, 0.2) is 11.9 Å². The van der Waals surface area contributed by atoms with Crippen LogP contribution in [-0.2, 0) is 6.61 Å². The van der Waals surface area contributed by atoms with Gasteiger partial charge in [-0.2, -0.15) is 13.8 Å². The van der Waals surface area contributed by atoms with Crippen molar-refractivity contribution in [2.45, 2.75) is 12.8 Å². The van der Waals surface area contributed by atoms with E-state index in [0.717, 1.165) is 0 Å². The first-order valence-corrected chi connectivity index (χ1v) is 9.43. The third kappa shape index (κ3) is 3.80. The molecule has 0 aliphatic carbocycles. The number of amides is 1. The number of hydrogen-bond donors (Lipinski definition) is 2. The van der Waals surface area contributed by atoms with E-state index in [1.807, 2.05) is 0 Å². The van der Waals surface area contributed by atoms with E-state index in [2.05, 4.69) is 5.32 Å². The number of benzene rings is 3. The van der Waals surface area contributed by atoms with E-state index >= 15 is 0 Å². The summed E-state index contributed by atoms with van der Waals surface area (Å²) in [5.41, 5.74) is 1.20. The van der Waals surface area contributed by atoms with Crippen molar-refractivity contribution >= 4 is 11.6 Å². The lowest BCUT2D eigenvalue weighted by Gasteiger charge is -2.33. The maximum Gasteiger partial charge on any atom is 0.281 e. The van der Waals surface area contributed by atoms with Crippen molar-refractivity contribution in [2.75, 3.05) is 12.4 Å². The van der Waals surface area contributed by atoms with E-state index < -0.39 is 53.5 Å². The van der Waals surface area contributed by atoms with Crippen LogP contribution in [-0.4, -0.2) is 23.3 Å². The van der Waals surface area contributed by atoms with E-state index in [1.54, 1.807) is 18.2 Å². The summed E-state index contributed by atoms with van der Waals surface area (Å²) in [6.45, 7) is -0.641. The van der Waals surface area contributed by atoms with E-state index in [4.69, 9.17) is 9.47 Å². The van der Waals surface area contributed by atoms with Gasteiger partial charge >= 0.3 is 0 Å². The van der Waals surface area contributed by atoms with Gasteiger partial charge in [-0.15, -0.1) is 0 Å². The highest BCUT2D eigenvalue weighted by Crippen LogP contribution is 2.35. The zero-order valence-corrected chi connectivity index (χ0v) is 16.8. The van der Waals surface area contributed by atoms with Crippen molar-refractivity contribution in [2.24, 2.45) is 0 Å². The lowest BCUT2D eigenvalue weighted by atomic mass is 10.0. The lowest BCUT2D eigenvalue weighted by Crippen LogP contribution is -2.40. The highest BCUT2D eigenvalue weighted by molar-refractivity contribution is 6.01. The first kappa shape index (κ1) is 22.3. The van der Waals surface area contributed by atoms with Crippen molar-refractivity contribution < 1.29 is 41.4 Å². The smallest absolute Gasteiger partial charge is 0.281 e. The molecule has 0 aromatic heterocycles. The topological polar surface area (TPSA) is 71.0 Å². The average molecular weight is 466 g/mol. The molecule has 0 radical (unpaired) electrons. The number of nitrogens with zero attached hydrogens (tertiary/aromatic N) is 1. The van der Waals surface area contributed by atoms with Crippen LogP contribution in [0.5, 0.6) is 11.5 Å². The number of fused-ring (bicyclic) bond motifs is 1. The highest BCUT2D eigenvalue weighted by atomic mass is 19.2. The molecule has 0 fully saturated rings. The standard InChI is InChI=1S/C22H15F5N2O4/c1-32-14-7-6-10(21-28-13-5-3-2-4-12(13)22(30)29(21)31)8-11(14)9-33-20-18(26)16(24)15(23)17(25)19(20)27/h2-8,21,28,31H,9H2,1H3. The molecular weight excluding hydrogens is 451 g/mol. The average Bonchev–Trinajstić information content (AvgIpc) is 2.83. The molecule has 3 aromatic carbocycles. The number of carbonyl (C=O) groups excluding carboxylic acids is 1. The van der Waals surface area contributed by atoms with Crippen LogP contribution in [0.3, 0.4) is 0 Å². The third-order valence-electron chi connectivity index (χ3n) is 5.06. The lowest BCUT2D eigenvalue weighted by molar-refractivity contribution is -0.0851. The number of hydroxylamine groups is 2. The van der Waals surface area contributed by atoms with Crippen LogP contribution in [0.15, 0.2) is 42.5 Å². The van der Waals surface area contributed by atoms with Gasteiger partial charge in [-0.05, 0) is 29.8 Å². The van der Waals surface area contributed by atoms with Gasteiger partial charge < -0.3 is 14.8 Å². The van der Waals surface area contributed by atoms with Gasteiger partial charge in [0.1, 0.15) is 12.4 Å². The summed E-state index contributed by atoms with van der Waals surface area (Å²) in [4.78, 5) is 12.5. The molecule has 33 heavy (non-hydrogen) atoms. The minimum atomic E-state index is -2.30. The summed E-state index contributed by atoms with van der Waals surface area (Å²) in [7, 11) is 1.30. The Morgan fingerprint density at radius 2 is 1.61 bits per heavy atom. The Morgan fingerprint density at radius 1 is 0.970 bits per heavy atom. The van der Waals surface area contributed by atoms with Crippen LogP contribution in [0.4, 0.5) is 27.6 Å². The Labute approximate surface area is 183 Å². The van der Waals surface area contributed by atoms with Crippen molar-refractivity contribution in [3.8, 4) is 11.5 Å². The second-order valence-corrected chi connectivity index (χ2v) is 7.00. The van der Waals surface area contributed by atoms with Gasteiger partial charge in [-0.3, -0.25) is 10.0 Å². The van der Waals surface area contributed by atoms with Crippen LogP contribution < -0.4 is 14.8 Å². The quantitative estimate of drug-likeness (QED) is 0.242. The number of carbonyl (C=O) groups is 1. The summed E-state index contributed by atoms with van der Waals surface area (Å²) < 4.78 is 78.1. The maximum absolute atomic E-state index is 13.9. The molecule has 3 aromatic rings. The number of halogens is 5. The van der Waals surface area contributed by atoms with Crippen LogP contribution in [0.25, 0.3) is 0 Å². The summed E-state index contributed by atoms with van der Waals surface area (Å²) in [6, 6.07) is 10.9. The molecule has 11 heteroatoms. The minimum absolute atomic E-state index is 0.153. The predicted molar refractivity (Wildman–Crippen MR) is 104 cm³/mol. The fourth-order valence-electron chi connectivity index (χ4n) is 3.41. The Hall–Kier alpha value is -3.86. The van der Waals surface area contributed by atoms with Gasteiger partial charge in [0.2, 0.25) is 29.1 Å². The van der Waals surface area contributed by atoms with E-state index in [9.17, 15) is 32.0 Å². The molecule has 172 valence electrons. The SMILES string of the molecule is COc1ccc(C2Nc3ccccc3C(=O)N2O)cc1COc1c(F)c(F)c(F)c(F)c1F. The van der Waals surface area contributed by atoms with Crippen molar-refractivity contribution in [3.63, 3.8) is 0 Å². The number of hydrogen-bond acceptors (Lipinski definition) is 5. The Morgan fingerprint density at radius 3 is 2.27 bits per heavy atom. The summed E-state index contributed by atoms with van der Waals surface area (Å²) in [5.74, 6) is -12.7. The molecule has 1 amide bonds. The third-order valence-corrected chi connectivity index (χ3v) is 5.06. The number of rotatable bonds is 5. The molecule has 1 atom stereocenters. The molecule has 0 spiro atoms. The first-order valence-electron chi connectivity index (χ1n) is 9.43. The van der Waals surface area contributed by atoms with Gasteiger partial charge in [-0.25, -0.2) is 13.2 Å². The van der Waals surface area contributed by atoms with Crippen molar-refractivity contribution in [1.29, 1.82) is 0 Å². The van der Waals surface area contributed by atoms with E-state index in [0.29, 0.717) is 16.3 Å². The molecule has 1 unspecified atom stereocenters. The zero-order chi connectivity index (χ0) is 23.9. The molecule has 0 saturated carbocycles. The monoisotopic (exact) mass is 466 g/mol. The number of para-hydroxylation sites is 1. The summed E-state index contributed by atoms with van der Waals surface area (Å²) >= 11 is 0. The summed E-state index contributed by atoms with van der Waals surface area (Å²) in [6.07, 6.45) is -1.04. The van der Waals surface area contributed by atoms with Crippen molar-refractivity contribution in [3.05, 3.63) is 88.2 Å². The number of ether oxygens (including phenoxy) is 2. The molecular formula is C22H15F5N2O4. The van der Waals surface area contributed by atoms with E-state index in [-0.39, 0.29) is 16.9 Å². The normalized spacial score (nSPS) is 15.2. The number of anilines is 1. The Bertz CT molecular complexity index is 1220. The molecule has 4 rings (SSSR count). The van der Waals surface area contributed by atoms with Crippen LogP contribution in [0, 0.1) is 29.1 Å². The molecule has 0 bridgehead atoms. The van der Waals surface area contributed by atoms with Gasteiger partial charge in [-0.1, -0.05) is 18.2 Å². The molecule has 1 aliphatic rings. The van der Waals surface area contributed by atoms with Crippen LogP contribution in [0.1, 0.15) is 27.7 Å². The zero-order valence-electron chi connectivity index (χ0n) is 16.8. The molecule has 1 aliphatic heterocycles.